The number of halogens is 1. The molecule has 2 aromatic heterocycles. The van der Waals surface area contributed by atoms with Gasteiger partial charge in [-0.1, -0.05) is 0 Å². The van der Waals surface area contributed by atoms with E-state index in [1.165, 1.54) is 11.6 Å². The molecule has 9 nitrogen and oxygen atoms in total. The van der Waals surface area contributed by atoms with Crippen LogP contribution in [0.15, 0.2) is 4.47 Å². The van der Waals surface area contributed by atoms with Crippen molar-refractivity contribution in [3.63, 3.8) is 0 Å². The van der Waals surface area contributed by atoms with Gasteiger partial charge in [0.2, 0.25) is 11.8 Å². The number of rotatable bonds is 3. The molecule has 0 saturated heterocycles. The van der Waals surface area contributed by atoms with Gasteiger partial charge in [0.05, 0.1) is 20.8 Å². The van der Waals surface area contributed by atoms with E-state index < -0.39 is 4.92 Å². The van der Waals surface area contributed by atoms with Gasteiger partial charge < -0.3 is 0 Å². The molecule has 10 heteroatoms. The second-order valence-corrected chi connectivity index (χ2v) is 4.90. The number of anilines is 1. The van der Waals surface area contributed by atoms with Gasteiger partial charge in [-0.3, -0.25) is 15.5 Å². The first-order chi connectivity index (χ1) is 9.36. The van der Waals surface area contributed by atoms with Gasteiger partial charge in [-0.2, -0.15) is 10.1 Å². The Morgan fingerprint density at radius 3 is 2.40 bits per heavy atom. The number of nitro groups is 1. The highest BCUT2D eigenvalue weighted by molar-refractivity contribution is 9.10. The van der Waals surface area contributed by atoms with Gasteiger partial charge in [-0.25, -0.2) is 15.5 Å². The van der Waals surface area contributed by atoms with E-state index >= 15 is 0 Å². The lowest BCUT2D eigenvalue weighted by atomic mass is 10.3. The number of aromatic nitrogens is 4. The van der Waals surface area contributed by atoms with Crippen LogP contribution in [-0.2, 0) is 0 Å². The summed E-state index contributed by atoms with van der Waals surface area (Å²) in [5.74, 6) is 5.44. The molecule has 0 fully saturated rings. The Hall–Kier alpha value is -2.07. The molecule has 0 spiro atoms. The summed E-state index contributed by atoms with van der Waals surface area (Å²) in [6, 6.07) is 0. The highest BCUT2D eigenvalue weighted by atomic mass is 79.9. The molecule has 106 valence electrons. The lowest BCUT2D eigenvalue weighted by Crippen LogP contribution is -2.15. The van der Waals surface area contributed by atoms with Crippen LogP contribution in [0.2, 0.25) is 0 Å². The molecular formula is C10H12BrN7O2. The predicted octanol–water partition coefficient (Wildman–Crippen LogP) is 1.54. The zero-order valence-electron chi connectivity index (χ0n) is 11.0. The molecule has 2 heterocycles. The van der Waals surface area contributed by atoms with Crippen LogP contribution in [0, 0.1) is 30.9 Å². The summed E-state index contributed by atoms with van der Waals surface area (Å²) < 4.78 is 2.16. The molecule has 20 heavy (non-hydrogen) atoms. The molecule has 2 aromatic rings. The largest absolute Gasteiger partial charge is 0.334 e. The minimum Gasteiger partial charge on any atom is -0.292 e. The molecule has 0 amide bonds. The van der Waals surface area contributed by atoms with Crippen molar-refractivity contribution in [2.24, 2.45) is 5.84 Å². The fourth-order valence-electron chi connectivity index (χ4n) is 1.81. The molecule has 0 bridgehead atoms. The SMILES string of the molecule is Cc1nn(-c2nc(NN)nc(C)c2[N+](=O)[O-])c(C)c1Br. The Morgan fingerprint density at radius 1 is 1.30 bits per heavy atom. The summed E-state index contributed by atoms with van der Waals surface area (Å²) in [6.45, 7) is 5.08. The van der Waals surface area contributed by atoms with Crippen molar-refractivity contribution in [2.75, 3.05) is 5.43 Å². The van der Waals surface area contributed by atoms with E-state index in [0.29, 0.717) is 11.4 Å². The van der Waals surface area contributed by atoms with Crippen molar-refractivity contribution >= 4 is 27.6 Å². The minimum atomic E-state index is -0.532. The number of nitrogen functional groups attached to an aromatic ring is 1. The minimum absolute atomic E-state index is 0.0711. The Labute approximate surface area is 122 Å². The van der Waals surface area contributed by atoms with Gasteiger partial charge in [0, 0.05) is 0 Å². The Kier molecular flexibility index (Phi) is 3.68. The van der Waals surface area contributed by atoms with E-state index in [0.717, 1.165) is 4.47 Å². The molecule has 0 unspecified atom stereocenters. The lowest BCUT2D eigenvalue weighted by molar-refractivity contribution is -0.385. The van der Waals surface area contributed by atoms with Crippen molar-refractivity contribution in [2.45, 2.75) is 20.8 Å². The number of hydrogen-bond acceptors (Lipinski definition) is 7. The maximum Gasteiger partial charge on any atom is 0.334 e. The first-order valence-corrected chi connectivity index (χ1v) is 6.37. The smallest absolute Gasteiger partial charge is 0.292 e. The Morgan fingerprint density at radius 2 is 1.95 bits per heavy atom. The standard InChI is InChI=1S/C10H12BrN7O2/c1-4-7(11)6(3)17(16-4)9-8(18(19)20)5(2)13-10(14-9)15-12/h12H2,1-3H3,(H,13,14,15). The van der Waals surface area contributed by atoms with Crippen LogP contribution in [0.5, 0.6) is 0 Å². The van der Waals surface area contributed by atoms with Gasteiger partial charge in [-0.05, 0) is 36.7 Å². The van der Waals surface area contributed by atoms with Gasteiger partial charge in [0.25, 0.3) is 0 Å². The second-order valence-electron chi connectivity index (χ2n) is 4.10. The van der Waals surface area contributed by atoms with Gasteiger partial charge in [0.15, 0.2) is 0 Å². The van der Waals surface area contributed by atoms with Crippen LogP contribution in [0.1, 0.15) is 17.1 Å². The molecule has 0 radical (unpaired) electrons. The monoisotopic (exact) mass is 341 g/mol. The van der Waals surface area contributed by atoms with Crippen LogP contribution < -0.4 is 11.3 Å². The average molecular weight is 342 g/mol. The Balaban J connectivity index is 2.80. The number of nitrogens with zero attached hydrogens (tertiary/aromatic N) is 5. The highest BCUT2D eigenvalue weighted by Gasteiger charge is 2.26. The van der Waals surface area contributed by atoms with E-state index in [1.807, 2.05) is 0 Å². The topological polar surface area (TPSA) is 125 Å². The van der Waals surface area contributed by atoms with Gasteiger partial charge >= 0.3 is 5.69 Å². The van der Waals surface area contributed by atoms with Crippen molar-refractivity contribution < 1.29 is 4.92 Å². The second kappa shape index (κ2) is 5.13. The van der Waals surface area contributed by atoms with Crippen LogP contribution in [0.3, 0.4) is 0 Å². The Bertz CT molecular complexity index is 697. The first-order valence-electron chi connectivity index (χ1n) is 5.58. The third-order valence-corrected chi connectivity index (χ3v) is 3.90. The van der Waals surface area contributed by atoms with E-state index in [2.05, 4.69) is 36.4 Å². The quantitative estimate of drug-likeness (QED) is 0.492. The van der Waals surface area contributed by atoms with Crippen LogP contribution in [0.25, 0.3) is 5.82 Å². The summed E-state index contributed by atoms with van der Waals surface area (Å²) >= 11 is 3.38. The van der Waals surface area contributed by atoms with Crippen LogP contribution >= 0.6 is 15.9 Å². The zero-order valence-corrected chi connectivity index (χ0v) is 12.6. The molecule has 0 saturated carbocycles. The van der Waals surface area contributed by atoms with E-state index in [-0.39, 0.29) is 23.1 Å². The lowest BCUT2D eigenvalue weighted by Gasteiger charge is -2.08. The summed E-state index contributed by atoms with van der Waals surface area (Å²) in [5.41, 5.74) is 3.69. The highest BCUT2D eigenvalue weighted by Crippen LogP contribution is 2.29. The fourth-order valence-corrected chi connectivity index (χ4v) is 2.06. The van der Waals surface area contributed by atoms with E-state index in [4.69, 9.17) is 5.84 Å². The normalized spacial score (nSPS) is 10.7. The van der Waals surface area contributed by atoms with Crippen molar-refractivity contribution in [3.05, 3.63) is 31.7 Å². The molecule has 0 atom stereocenters. The molecule has 0 aliphatic carbocycles. The maximum atomic E-state index is 11.2. The van der Waals surface area contributed by atoms with Crippen molar-refractivity contribution in [3.8, 4) is 5.82 Å². The first kappa shape index (κ1) is 14.3. The summed E-state index contributed by atoms with van der Waals surface area (Å²) in [4.78, 5) is 18.7. The van der Waals surface area contributed by atoms with Crippen molar-refractivity contribution in [1.29, 1.82) is 0 Å². The number of hydrazine groups is 1. The molecule has 0 aromatic carbocycles. The molecular weight excluding hydrogens is 330 g/mol. The maximum absolute atomic E-state index is 11.2. The summed E-state index contributed by atoms with van der Waals surface area (Å²) in [6.07, 6.45) is 0. The van der Waals surface area contributed by atoms with Gasteiger partial charge in [0.1, 0.15) is 5.69 Å². The third kappa shape index (κ3) is 2.23. The number of nitrogens with two attached hydrogens (primary N) is 1. The van der Waals surface area contributed by atoms with Crippen molar-refractivity contribution in [1.82, 2.24) is 19.7 Å². The molecule has 0 aliphatic rings. The van der Waals surface area contributed by atoms with Crippen LogP contribution in [-0.4, -0.2) is 24.7 Å². The molecule has 3 N–H and O–H groups in total. The molecule has 0 aliphatic heterocycles. The summed E-state index contributed by atoms with van der Waals surface area (Å²) in [5, 5.41) is 15.5. The van der Waals surface area contributed by atoms with E-state index in [9.17, 15) is 10.1 Å². The average Bonchev–Trinajstić information content (AvgIpc) is 2.65. The number of nitrogens with one attached hydrogen (secondary N) is 1. The fraction of sp³-hybridized carbons (Fsp3) is 0.300. The molecule has 2 rings (SSSR count). The van der Waals surface area contributed by atoms with Gasteiger partial charge in [-0.15, -0.1) is 0 Å². The number of hydrogen-bond donors (Lipinski definition) is 2. The summed E-state index contributed by atoms with van der Waals surface area (Å²) in [7, 11) is 0. The predicted molar refractivity (Wildman–Crippen MR) is 75.5 cm³/mol. The third-order valence-electron chi connectivity index (χ3n) is 2.76. The van der Waals surface area contributed by atoms with E-state index in [1.54, 1.807) is 13.8 Å². The van der Waals surface area contributed by atoms with Crippen LogP contribution in [0.4, 0.5) is 11.6 Å². The zero-order chi connectivity index (χ0) is 15.0. The number of aryl methyl sites for hydroxylation is 2.